The molecule has 124 valence electrons. The van der Waals surface area contributed by atoms with E-state index < -0.39 is 0 Å². The van der Waals surface area contributed by atoms with Gasteiger partial charge < -0.3 is 0 Å². The van der Waals surface area contributed by atoms with E-state index in [9.17, 15) is 10.1 Å². The Morgan fingerprint density at radius 3 is 2.74 bits per heavy atom. The third-order valence-electron chi connectivity index (χ3n) is 8.49. The molecule has 0 N–H and O–H groups in total. The summed E-state index contributed by atoms with van der Waals surface area (Å²) in [5, 5.41) is 9.81. The zero-order valence-electron chi connectivity index (χ0n) is 14.8. The van der Waals surface area contributed by atoms with Gasteiger partial charge in [-0.15, -0.1) is 0 Å². The number of nitriles is 1. The SMILES string of the molecule is C[C@@H]1CC2=CC(=O)CC[C@@H]2[C@H]2CC[C@@]3(C)[C@@H](CC[C@]3(C)C#N)[C@@H]21. The first-order valence-corrected chi connectivity index (χ1v) is 9.54. The maximum Gasteiger partial charge on any atom is 0.155 e. The van der Waals surface area contributed by atoms with Crippen molar-refractivity contribution in [3.63, 3.8) is 0 Å². The van der Waals surface area contributed by atoms with Crippen molar-refractivity contribution in [2.75, 3.05) is 0 Å². The normalized spacial score (nSPS) is 52.0. The molecule has 7 atom stereocenters. The molecule has 0 heterocycles. The predicted molar refractivity (Wildman–Crippen MR) is 90.4 cm³/mol. The average Bonchev–Trinajstić information content (AvgIpc) is 2.79. The third kappa shape index (κ3) is 1.95. The van der Waals surface area contributed by atoms with Crippen molar-refractivity contribution >= 4 is 5.78 Å². The van der Waals surface area contributed by atoms with Crippen molar-refractivity contribution in [2.45, 2.75) is 65.7 Å². The van der Waals surface area contributed by atoms with Crippen LogP contribution in [0.4, 0.5) is 0 Å². The highest BCUT2D eigenvalue weighted by Crippen LogP contribution is 2.68. The van der Waals surface area contributed by atoms with Gasteiger partial charge in [-0.3, -0.25) is 4.79 Å². The maximum atomic E-state index is 11.8. The molecule has 0 radical (unpaired) electrons. The Morgan fingerprint density at radius 2 is 2.00 bits per heavy atom. The molecule has 0 saturated heterocycles. The summed E-state index contributed by atoms with van der Waals surface area (Å²) in [4.78, 5) is 11.8. The number of nitrogens with zero attached hydrogens (tertiary/aromatic N) is 1. The molecule has 0 bridgehead atoms. The molecule has 0 spiro atoms. The quantitative estimate of drug-likeness (QED) is 0.638. The molecule has 0 amide bonds. The molecule has 3 saturated carbocycles. The Hall–Kier alpha value is -1.10. The monoisotopic (exact) mass is 311 g/mol. The van der Waals surface area contributed by atoms with Gasteiger partial charge >= 0.3 is 0 Å². The lowest BCUT2D eigenvalue weighted by atomic mass is 9.47. The lowest BCUT2D eigenvalue weighted by Gasteiger charge is -2.57. The van der Waals surface area contributed by atoms with Crippen LogP contribution in [0.5, 0.6) is 0 Å². The van der Waals surface area contributed by atoms with E-state index in [-0.39, 0.29) is 10.8 Å². The summed E-state index contributed by atoms with van der Waals surface area (Å²) in [6.45, 7) is 7.03. The molecule has 0 unspecified atom stereocenters. The van der Waals surface area contributed by atoms with Gasteiger partial charge in [0, 0.05) is 6.42 Å². The van der Waals surface area contributed by atoms with Crippen molar-refractivity contribution in [1.82, 2.24) is 0 Å². The van der Waals surface area contributed by atoms with Gasteiger partial charge in [-0.2, -0.15) is 5.26 Å². The Labute approximate surface area is 140 Å². The van der Waals surface area contributed by atoms with Crippen LogP contribution in [0.2, 0.25) is 0 Å². The topological polar surface area (TPSA) is 40.9 Å². The van der Waals surface area contributed by atoms with Crippen LogP contribution in [-0.2, 0) is 4.79 Å². The molecular weight excluding hydrogens is 282 g/mol. The van der Waals surface area contributed by atoms with Gasteiger partial charge in [0.1, 0.15) is 0 Å². The molecule has 3 fully saturated rings. The molecule has 0 aromatic heterocycles. The fourth-order valence-corrected chi connectivity index (χ4v) is 7.04. The van der Waals surface area contributed by atoms with Crippen LogP contribution < -0.4 is 0 Å². The number of hydrogen-bond acceptors (Lipinski definition) is 2. The van der Waals surface area contributed by atoms with E-state index >= 15 is 0 Å². The van der Waals surface area contributed by atoms with Crippen molar-refractivity contribution in [3.05, 3.63) is 11.6 Å². The van der Waals surface area contributed by atoms with Crippen molar-refractivity contribution < 1.29 is 4.79 Å². The standard InChI is InChI=1S/C21H29NO/c1-13-10-14-11-15(23)4-5-16(14)17-6-9-21(3)18(19(13)17)7-8-20(21,2)12-22/h11,13,16-19H,4-10H2,1-3H3/t13-,16+,17-,18+,19-,20-,21+/m1/s1. The summed E-state index contributed by atoms with van der Waals surface area (Å²) in [7, 11) is 0. The van der Waals surface area contributed by atoms with Gasteiger partial charge in [-0.25, -0.2) is 0 Å². The molecular formula is C21H29NO. The first-order valence-electron chi connectivity index (χ1n) is 9.54. The van der Waals surface area contributed by atoms with Crippen LogP contribution in [0.25, 0.3) is 0 Å². The van der Waals surface area contributed by atoms with E-state index in [1.54, 1.807) is 0 Å². The number of ketones is 1. The van der Waals surface area contributed by atoms with Crippen LogP contribution in [0.15, 0.2) is 11.6 Å². The van der Waals surface area contributed by atoms with E-state index in [1.807, 2.05) is 6.08 Å². The van der Waals surface area contributed by atoms with Crippen molar-refractivity contribution in [2.24, 2.45) is 40.4 Å². The van der Waals surface area contributed by atoms with Crippen molar-refractivity contribution in [3.8, 4) is 6.07 Å². The van der Waals surface area contributed by atoms with Crippen molar-refractivity contribution in [1.29, 1.82) is 5.26 Å². The minimum absolute atomic E-state index is 0.138. The predicted octanol–water partition coefficient (Wildman–Crippen LogP) is 4.90. The number of carbonyl (C=O) groups excluding carboxylic acids is 1. The maximum absolute atomic E-state index is 11.8. The summed E-state index contributed by atoms with van der Waals surface area (Å²) >= 11 is 0. The first-order chi connectivity index (χ1) is 10.9. The van der Waals surface area contributed by atoms with Gasteiger partial charge in [-0.1, -0.05) is 19.4 Å². The highest BCUT2D eigenvalue weighted by Gasteiger charge is 2.62. The van der Waals surface area contributed by atoms with E-state index in [0.29, 0.717) is 23.5 Å². The summed E-state index contributed by atoms with van der Waals surface area (Å²) in [6, 6.07) is 2.70. The highest BCUT2D eigenvalue weighted by atomic mass is 16.1. The summed E-state index contributed by atoms with van der Waals surface area (Å²) in [5.41, 5.74) is 1.52. The molecule has 0 aliphatic heterocycles. The van der Waals surface area contributed by atoms with Crippen LogP contribution in [0, 0.1) is 51.8 Å². The fraction of sp³-hybridized carbons (Fsp3) is 0.810. The average molecular weight is 311 g/mol. The second kappa shape index (κ2) is 4.95. The summed E-state index contributed by atoms with van der Waals surface area (Å²) in [5.74, 6) is 3.91. The number of hydrogen-bond donors (Lipinski definition) is 0. The smallest absolute Gasteiger partial charge is 0.155 e. The number of carbonyl (C=O) groups is 1. The van der Waals surface area contributed by atoms with Crippen LogP contribution in [0.3, 0.4) is 0 Å². The van der Waals surface area contributed by atoms with E-state index in [0.717, 1.165) is 37.5 Å². The minimum atomic E-state index is -0.138. The van der Waals surface area contributed by atoms with Crippen LogP contribution >= 0.6 is 0 Å². The molecule has 23 heavy (non-hydrogen) atoms. The molecule has 4 rings (SSSR count). The Balaban J connectivity index is 1.70. The van der Waals surface area contributed by atoms with E-state index in [1.165, 1.54) is 24.8 Å². The van der Waals surface area contributed by atoms with Gasteiger partial charge in [0.25, 0.3) is 0 Å². The molecule has 2 nitrogen and oxygen atoms in total. The lowest BCUT2D eigenvalue weighted by Crippen LogP contribution is -2.51. The fourth-order valence-electron chi connectivity index (χ4n) is 7.04. The van der Waals surface area contributed by atoms with Crippen LogP contribution in [-0.4, -0.2) is 5.78 Å². The van der Waals surface area contributed by atoms with Gasteiger partial charge in [0.2, 0.25) is 0 Å². The molecule has 0 aromatic carbocycles. The molecule has 4 aliphatic carbocycles. The largest absolute Gasteiger partial charge is 0.295 e. The summed E-state index contributed by atoms with van der Waals surface area (Å²) in [6.07, 6.45) is 9.71. The lowest BCUT2D eigenvalue weighted by molar-refractivity contribution is -0.116. The zero-order chi connectivity index (χ0) is 16.4. The Kier molecular flexibility index (Phi) is 3.32. The third-order valence-corrected chi connectivity index (χ3v) is 8.49. The van der Waals surface area contributed by atoms with Gasteiger partial charge in [0.05, 0.1) is 11.5 Å². The summed E-state index contributed by atoms with van der Waals surface area (Å²) < 4.78 is 0. The molecule has 0 aromatic rings. The second-order valence-corrected chi connectivity index (χ2v) is 9.30. The van der Waals surface area contributed by atoms with Gasteiger partial charge in [0.15, 0.2) is 5.78 Å². The highest BCUT2D eigenvalue weighted by molar-refractivity contribution is 5.91. The number of rotatable bonds is 0. The first kappa shape index (κ1) is 15.4. The van der Waals surface area contributed by atoms with Crippen LogP contribution in [0.1, 0.15) is 65.7 Å². The minimum Gasteiger partial charge on any atom is -0.295 e. The Bertz CT molecular complexity index is 614. The number of fused-ring (bicyclic) bond motifs is 5. The van der Waals surface area contributed by atoms with Gasteiger partial charge in [-0.05, 0) is 86.5 Å². The molecule has 2 heteroatoms. The molecule has 4 aliphatic rings. The van der Waals surface area contributed by atoms with E-state index in [4.69, 9.17) is 0 Å². The van der Waals surface area contributed by atoms with E-state index in [2.05, 4.69) is 26.8 Å². The second-order valence-electron chi connectivity index (χ2n) is 9.30. The number of allylic oxidation sites excluding steroid dienone is 1. The Morgan fingerprint density at radius 1 is 1.22 bits per heavy atom. The zero-order valence-corrected chi connectivity index (χ0v) is 14.8.